The van der Waals surface area contributed by atoms with Crippen molar-refractivity contribution in [2.24, 2.45) is 0 Å². The van der Waals surface area contributed by atoms with Gasteiger partial charge in [-0.25, -0.2) is 0 Å². The number of hydrogen-bond donors (Lipinski definition) is 2. The van der Waals surface area contributed by atoms with E-state index in [2.05, 4.69) is 15.8 Å². The zero-order valence-electron chi connectivity index (χ0n) is 10.4. The average Bonchev–Trinajstić information content (AvgIpc) is 2.42. The van der Waals surface area contributed by atoms with Gasteiger partial charge in [0.05, 0.1) is 24.2 Å². The fourth-order valence-electron chi connectivity index (χ4n) is 1.62. The Balaban J connectivity index is 2.12. The minimum atomic E-state index is -0.145. The molecule has 0 radical (unpaired) electrons. The van der Waals surface area contributed by atoms with Gasteiger partial charge >= 0.3 is 0 Å². The van der Waals surface area contributed by atoms with E-state index < -0.39 is 0 Å². The van der Waals surface area contributed by atoms with Crippen molar-refractivity contribution in [3.05, 3.63) is 35.5 Å². The summed E-state index contributed by atoms with van der Waals surface area (Å²) < 4.78 is 4.83. The zero-order valence-corrected chi connectivity index (χ0v) is 11.2. The molecule has 1 heterocycles. The second-order valence-corrected chi connectivity index (χ2v) is 4.37. The van der Waals surface area contributed by atoms with E-state index in [0.717, 1.165) is 16.6 Å². The third-order valence-corrected chi connectivity index (χ3v) is 2.81. The van der Waals surface area contributed by atoms with Gasteiger partial charge in [-0.1, -0.05) is 11.6 Å². The van der Waals surface area contributed by atoms with Crippen LogP contribution in [0.5, 0.6) is 0 Å². The first-order valence-corrected chi connectivity index (χ1v) is 6.16. The minimum absolute atomic E-state index is 0.145. The molecule has 5 nitrogen and oxygen atoms in total. The molecule has 0 fully saturated rings. The SMILES string of the molecule is COCCC(=O)NNc1ccnc2ccc(Cl)cc12. The number of carbonyl (C=O) groups is 1. The summed E-state index contributed by atoms with van der Waals surface area (Å²) in [6.45, 7) is 0.385. The fourth-order valence-corrected chi connectivity index (χ4v) is 1.79. The summed E-state index contributed by atoms with van der Waals surface area (Å²) in [6, 6.07) is 7.18. The van der Waals surface area contributed by atoms with E-state index in [1.54, 1.807) is 31.5 Å². The molecule has 0 spiro atoms. The first-order valence-electron chi connectivity index (χ1n) is 5.79. The summed E-state index contributed by atoms with van der Waals surface area (Å²) in [5.74, 6) is -0.145. The number of nitrogens with zero attached hydrogens (tertiary/aromatic N) is 1. The zero-order chi connectivity index (χ0) is 13.7. The van der Waals surface area contributed by atoms with E-state index in [-0.39, 0.29) is 5.91 Å². The quantitative estimate of drug-likeness (QED) is 0.825. The van der Waals surface area contributed by atoms with E-state index in [1.165, 1.54) is 0 Å². The van der Waals surface area contributed by atoms with Gasteiger partial charge in [0.15, 0.2) is 0 Å². The number of rotatable bonds is 5. The van der Waals surface area contributed by atoms with E-state index in [4.69, 9.17) is 16.3 Å². The maximum Gasteiger partial charge on any atom is 0.240 e. The van der Waals surface area contributed by atoms with Crippen molar-refractivity contribution in [3.8, 4) is 0 Å². The van der Waals surface area contributed by atoms with Crippen LogP contribution in [0.3, 0.4) is 0 Å². The molecule has 0 bridgehead atoms. The van der Waals surface area contributed by atoms with Crippen molar-refractivity contribution in [3.63, 3.8) is 0 Å². The van der Waals surface area contributed by atoms with Crippen LogP contribution in [0, 0.1) is 0 Å². The van der Waals surface area contributed by atoms with E-state index in [9.17, 15) is 4.79 Å². The first-order chi connectivity index (χ1) is 9.20. The largest absolute Gasteiger partial charge is 0.384 e. The van der Waals surface area contributed by atoms with Crippen molar-refractivity contribution >= 4 is 34.1 Å². The summed E-state index contributed by atoms with van der Waals surface area (Å²) in [4.78, 5) is 15.7. The Hall–Kier alpha value is -1.85. The predicted octanol–water partition coefficient (Wildman–Crippen LogP) is 2.37. The maximum atomic E-state index is 11.5. The van der Waals surface area contributed by atoms with Crippen molar-refractivity contribution in [1.29, 1.82) is 0 Å². The molecular formula is C13H14ClN3O2. The monoisotopic (exact) mass is 279 g/mol. The molecular weight excluding hydrogens is 266 g/mol. The van der Waals surface area contributed by atoms with Crippen LogP contribution in [0.1, 0.15) is 6.42 Å². The molecule has 2 rings (SSSR count). The van der Waals surface area contributed by atoms with Crippen LogP contribution in [0.25, 0.3) is 10.9 Å². The van der Waals surface area contributed by atoms with Gasteiger partial charge in [0, 0.05) is 23.7 Å². The lowest BCUT2D eigenvalue weighted by Crippen LogP contribution is -2.30. The van der Waals surface area contributed by atoms with Gasteiger partial charge in [-0.2, -0.15) is 0 Å². The van der Waals surface area contributed by atoms with Crippen LogP contribution in [0.2, 0.25) is 5.02 Å². The summed E-state index contributed by atoms with van der Waals surface area (Å²) in [5.41, 5.74) is 7.03. The van der Waals surface area contributed by atoms with E-state index in [1.807, 2.05) is 6.07 Å². The molecule has 0 unspecified atom stereocenters. The standard InChI is InChI=1S/C13H14ClN3O2/c1-19-7-5-13(18)17-16-12-4-6-15-11-3-2-9(14)8-10(11)12/h2-4,6,8H,5,7H2,1H3,(H,15,16)(H,17,18). The highest BCUT2D eigenvalue weighted by Crippen LogP contribution is 2.24. The summed E-state index contributed by atoms with van der Waals surface area (Å²) in [7, 11) is 1.55. The Kier molecular flexibility index (Phi) is 4.54. The third kappa shape index (κ3) is 3.56. The van der Waals surface area contributed by atoms with Gasteiger partial charge in [-0.3, -0.25) is 20.6 Å². The van der Waals surface area contributed by atoms with Crippen LogP contribution in [-0.4, -0.2) is 24.6 Å². The molecule has 0 aliphatic rings. The number of ether oxygens (including phenoxy) is 1. The smallest absolute Gasteiger partial charge is 0.240 e. The number of halogens is 1. The summed E-state index contributed by atoms with van der Waals surface area (Å²) >= 11 is 5.96. The molecule has 0 saturated carbocycles. The van der Waals surface area contributed by atoms with Crippen molar-refractivity contribution in [1.82, 2.24) is 10.4 Å². The predicted molar refractivity (Wildman–Crippen MR) is 75.0 cm³/mol. The number of pyridine rings is 1. The van der Waals surface area contributed by atoms with Gasteiger partial charge in [-0.15, -0.1) is 0 Å². The first kappa shape index (κ1) is 13.6. The lowest BCUT2D eigenvalue weighted by Gasteiger charge is -2.10. The topological polar surface area (TPSA) is 63.2 Å². The van der Waals surface area contributed by atoms with E-state index in [0.29, 0.717) is 18.1 Å². The Morgan fingerprint density at radius 3 is 3.05 bits per heavy atom. The molecule has 2 aromatic rings. The number of benzene rings is 1. The highest BCUT2D eigenvalue weighted by atomic mass is 35.5. The summed E-state index contributed by atoms with van der Waals surface area (Å²) in [5, 5.41) is 1.47. The van der Waals surface area contributed by atoms with Crippen LogP contribution in [0.4, 0.5) is 5.69 Å². The van der Waals surface area contributed by atoms with Gasteiger partial charge < -0.3 is 4.74 Å². The maximum absolute atomic E-state index is 11.5. The molecule has 100 valence electrons. The lowest BCUT2D eigenvalue weighted by atomic mass is 10.2. The molecule has 19 heavy (non-hydrogen) atoms. The molecule has 6 heteroatoms. The molecule has 1 aromatic heterocycles. The van der Waals surface area contributed by atoms with Gasteiger partial charge in [0.2, 0.25) is 5.91 Å². The number of anilines is 1. The molecule has 0 atom stereocenters. The highest BCUT2D eigenvalue weighted by Gasteiger charge is 2.04. The average molecular weight is 280 g/mol. The van der Waals surface area contributed by atoms with Crippen molar-refractivity contribution in [2.75, 3.05) is 19.1 Å². The van der Waals surface area contributed by atoms with Crippen LogP contribution < -0.4 is 10.9 Å². The molecule has 1 amide bonds. The number of methoxy groups -OCH3 is 1. The minimum Gasteiger partial charge on any atom is -0.384 e. The molecule has 0 saturated heterocycles. The fraction of sp³-hybridized carbons (Fsp3) is 0.231. The number of amides is 1. The Labute approximate surface area is 115 Å². The molecule has 0 aliphatic carbocycles. The van der Waals surface area contributed by atoms with Gasteiger partial charge in [-0.05, 0) is 24.3 Å². The molecule has 2 N–H and O–H groups in total. The van der Waals surface area contributed by atoms with E-state index >= 15 is 0 Å². The summed E-state index contributed by atoms with van der Waals surface area (Å²) in [6.07, 6.45) is 1.97. The normalized spacial score (nSPS) is 10.4. The molecule has 0 aliphatic heterocycles. The lowest BCUT2D eigenvalue weighted by molar-refractivity contribution is -0.121. The molecule has 1 aromatic carbocycles. The second-order valence-electron chi connectivity index (χ2n) is 3.94. The van der Waals surface area contributed by atoms with Crippen LogP contribution in [-0.2, 0) is 9.53 Å². The second kappa shape index (κ2) is 6.36. The number of hydrogen-bond acceptors (Lipinski definition) is 4. The number of fused-ring (bicyclic) bond motifs is 1. The number of carbonyl (C=O) groups excluding carboxylic acids is 1. The highest BCUT2D eigenvalue weighted by molar-refractivity contribution is 6.31. The van der Waals surface area contributed by atoms with Crippen molar-refractivity contribution in [2.45, 2.75) is 6.42 Å². The Morgan fingerprint density at radius 1 is 1.42 bits per heavy atom. The van der Waals surface area contributed by atoms with Gasteiger partial charge in [0.1, 0.15) is 0 Å². The Bertz CT molecular complexity index is 589. The van der Waals surface area contributed by atoms with Crippen molar-refractivity contribution < 1.29 is 9.53 Å². The number of hydrazine groups is 1. The van der Waals surface area contributed by atoms with Crippen LogP contribution in [0.15, 0.2) is 30.5 Å². The number of nitrogens with one attached hydrogen (secondary N) is 2. The number of aromatic nitrogens is 1. The Morgan fingerprint density at radius 2 is 2.26 bits per heavy atom. The van der Waals surface area contributed by atoms with Crippen LogP contribution >= 0.6 is 11.6 Å². The van der Waals surface area contributed by atoms with Gasteiger partial charge in [0.25, 0.3) is 0 Å². The third-order valence-electron chi connectivity index (χ3n) is 2.57.